The number of ether oxygens (including phenoxy) is 10. The van der Waals surface area contributed by atoms with Gasteiger partial charge in [-0.15, -0.1) is 0 Å². The maximum atomic E-state index is 11.5. The van der Waals surface area contributed by atoms with Crippen molar-refractivity contribution in [2.75, 3.05) is 119 Å². The third-order valence-electron chi connectivity index (χ3n) is 4.18. The molecule has 0 aromatic rings. The zero-order chi connectivity index (χ0) is 28.9. The van der Waals surface area contributed by atoms with Gasteiger partial charge in [-0.25, -0.2) is 0 Å². The lowest BCUT2D eigenvalue weighted by atomic mass is 10.2. The van der Waals surface area contributed by atoms with Gasteiger partial charge in [-0.3, -0.25) is 4.79 Å². The summed E-state index contributed by atoms with van der Waals surface area (Å²) in [5, 5.41) is 11.1. The van der Waals surface area contributed by atoms with Crippen LogP contribution in [0.5, 0.6) is 0 Å². The van der Waals surface area contributed by atoms with Crippen molar-refractivity contribution in [1.29, 1.82) is 0 Å². The van der Waals surface area contributed by atoms with Crippen molar-refractivity contribution in [3.63, 3.8) is 0 Å². The Hall–Kier alpha value is -1.13. The molecule has 39 heavy (non-hydrogen) atoms. The predicted octanol–water partition coefficient (Wildman–Crippen LogP) is 1.89. The number of hydrogen-bond donors (Lipinski definition) is 1. The highest BCUT2D eigenvalue weighted by Crippen LogP contribution is 2.08. The van der Waals surface area contributed by atoms with E-state index >= 15 is 0 Å². The first-order valence-electron chi connectivity index (χ1n) is 13.1. The van der Waals surface area contributed by atoms with Gasteiger partial charge in [0.15, 0.2) is 5.17 Å². The van der Waals surface area contributed by atoms with E-state index in [0.29, 0.717) is 112 Å². The molecule has 0 amide bonds. The summed E-state index contributed by atoms with van der Waals surface area (Å²) in [6, 6.07) is 0. The summed E-state index contributed by atoms with van der Waals surface area (Å²) in [6.07, 6.45) is 0.229. The Bertz CT molecular complexity index is 578. The second kappa shape index (κ2) is 28.4. The number of halogens is 1. The van der Waals surface area contributed by atoms with Crippen LogP contribution in [0.25, 0.3) is 0 Å². The smallest absolute Gasteiger partial charge is 0.308 e. The van der Waals surface area contributed by atoms with Crippen molar-refractivity contribution < 1.29 is 57.4 Å². The molecule has 0 fully saturated rings. The fraction of sp³-hybridized carbons (Fsp3) is 0.920. The van der Waals surface area contributed by atoms with Gasteiger partial charge in [0.05, 0.1) is 119 Å². The van der Waals surface area contributed by atoms with Gasteiger partial charge in [-0.2, -0.15) is 0 Å². The maximum absolute atomic E-state index is 11.5. The van der Waals surface area contributed by atoms with Gasteiger partial charge in [0.2, 0.25) is 0 Å². The standard InChI is InChI=1S/C25H48ClNO12/c1-25(2,3)39-24(28)4-5-30-6-7-31-8-9-32-10-11-33-12-13-34-14-15-35-16-17-36-18-19-37-20-21-38-22-23(26)27-29/h29H,4-22H2,1-3H3/b27-23-. The molecule has 0 heterocycles. The first kappa shape index (κ1) is 37.9. The Morgan fingerprint density at radius 3 is 1.13 bits per heavy atom. The summed E-state index contributed by atoms with van der Waals surface area (Å²) in [5.74, 6) is -0.268. The zero-order valence-electron chi connectivity index (χ0n) is 23.7. The lowest BCUT2D eigenvalue weighted by Gasteiger charge is -2.19. The Labute approximate surface area is 237 Å². The number of esters is 1. The van der Waals surface area contributed by atoms with E-state index in [1.54, 1.807) is 0 Å². The highest BCUT2D eigenvalue weighted by atomic mass is 35.5. The number of rotatable bonds is 29. The maximum Gasteiger partial charge on any atom is 0.308 e. The highest BCUT2D eigenvalue weighted by Gasteiger charge is 2.15. The number of oxime groups is 1. The molecule has 232 valence electrons. The van der Waals surface area contributed by atoms with Crippen LogP contribution in [0.4, 0.5) is 0 Å². The van der Waals surface area contributed by atoms with Gasteiger partial charge in [0, 0.05) is 0 Å². The van der Waals surface area contributed by atoms with E-state index in [2.05, 4.69) is 5.16 Å². The van der Waals surface area contributed by atoms with Crippen molar-refractivity contribution in [2.45, 2.75) is 32.8 Å². The van der Waals surface area contributed by atoms with Gasteiger partial charge in [0.1, 0.15) is 12.2 Å². The number of hydrogen-bond acceptors (Lipinski definition) is 13. The first-order chi connectivity index (χ1) is 18.8. The lowest BCUT2D eigenvalue weighted by molar-refractivity contribution is -0.156. The summed E-state index contributed by atoms with van der Waals surface area (Å²) in [6.45, 7) is 13.2. The predicted molar refractivity (Wildman–Crippen MR) is 143 cm³/mol. The molecule has 0 atom stereocenters. The van der Waals surface area contributed by atoms with E-state index in [1.807, 2.05) is 20.8 Å². The SMILES string of the molecule is CC(C)(C)OC(=O)CCOCCOCCOCCOCCOCCOCCOCCOCCOC/C(Cl)=N/O. The van der Waals surface area contributed by atoms with Crippen LogP contribution in [0, 0.1) is 0 Å². The fourth-order valence-electron chi connectivity index (χ4n) is 2.49. The van der Waals surface area contributed by atoms with Crippen LogP contribution in [0.2, 0.25) is 0 Å². The molecular weight excluding hydrogens is 542 g/mol. The number of carbonyl (C=O) groups excluding carboxylic acids is 1. The minimum absolute atomic E-state index is 0.00756. The van der Waals surface area contributed by atoms with E-state index in [4.69, 9.17) is 64.2 Å². The third kappa shape index (κ3) is 33.0. The molecule has 0 unspecified atom stereocenters. The van der Waals surface area contributed by atoms with Crippen LogP contribution in [0.15, 0.2) is 5.16 Å². The van der Waals surface area contributed by atoms with Crippen LogP contribution >= 0.6 is 11.6 Å². The molecule has 0 aliphatic rings. The molecular formula is C25H48ClNO12. The second-order valence-corrected chi connectivity index (χ2v) is 9.20. The Morgan fingerprint density at radius 2 is 0.846 bits per heavy atom. The molecule has 0 aliphatic heterocycles. The average molecular weight is 590 g/mol. The molecule has 14 heteroatoms. The minimum Gasteiger partial charge on any atom is -0.460 e. The topological polar surface area (TPSA) is 142 Å². The van der Waals surface area contributed by atoms with Gasteiger partial charge in [0.25, 0.3) is 0 Å². The van der Waals surface area contributed by atoms with Crippen molar-refractivity contribution in [3.8, 4) is 0 Å². The molecule has 0 saturated heterocycles. The van der Waals surface area contributed by atoms with Crippen LogP contribution < -0.4 is 0 Å². The van der Waals surface area contributed by atoms with Gasteiger partial charge in [-0.1, -0.05) is 16.8 Å². The molecule has 0 aromatic heterocycles. The van der Waals surface area contributed by atoms with Crippen LogP contribution in [0.1, 0.15) is 27.2 Å². The van der Waals surface area contributed by atoms with E-state index in [1.165, 1.54) is 0 Å². The molecule has 0 aliphatic carbocycles. The molecule has 0 bridgehead atoms. The molecule has 1 N–H and O–H groups in total. The van der Waals surface area contributed by atoms with E-state index in [-0.39, 0.29) is 24.2 Å². The monoisotopic (exact) mass is 589 g/mol. The zero-order valence-corrected chi connectivity index (χ0v) is 24.5. The van der Waals surface area contributed by atoms with E-state index in [9.17, 15) is 4.79 Å². The van der Waals surface area contributed by atoms with Crippen molar-refractivity contribution in [3.05, 3.63) is 0 Å². The van der Waals surface area contributed by atoms with E-state index < -0.39 is 5.60 Å². The van der Waals surface area contributed by atoms with Crippen LogP contribution in [-0.4, -0.2) is 141 Å². The molecule has 0 rings (SSSR count). The third-order valence-corrected chi connectivity index (χ3v) is 4.36. The summed E-state index contributed by atoms with van der Waals surface area (Å²) >= 11 is 5.46. The normalized spacial score (nSPS) is 12.3. The van der Waals surface area contributed by atoms with Crippen LogP contribution in [-0.2, 0) is 52.2 Å². The first-order valence-corrected chi connectivity index (χ1v) is 13.5. The second-order valence-electron chi connectivity index (χ2n) is 8.76. The summed E-state index contributed by atoms with van der Waals surface area (Å²) in [5.41, 5.74) is -0.475. The number of nitrogens with zero attached hydrogens (tertiary/aromatic N) is 1. The Morgan fingerprint density at radius 1 is 0.564 bits per heavy atom. The van der Waals surface area contributed by atoms with Crippen molar-refractivity contribution in [2.24, 2.45) is 5.16 Å². The quantitative estimate of drug-likeness (QED) is 0.0447. The van der Waals surface area contributed by atoms with E-state index in [0.717, 1.165) is 0 Å². The summed E-state index contributed by atoms with van der Waals surface area (Å²) in [7, 11) is 0. The van der Waals surface area contributed by atoms with Crippen LogP contribution in [0.3, 0.4) is 0 Å². The van der Waals surface area contributed by atoms with Gasteiger partial charge in [-0.05, 0) is 20.8 Å². The molecule has 0 aromatic carbocycles. The van der Waals surface area contributed by atoms with Gasteiger partial charge < -0.3 is 52.6 Å². The Kier molecular flexibility index (Phi) is 27.6. The molecule has 0 spiro atoms. The average Bonchev–Trinajstić information content (AvgIpc) is 2.89. The summed E-state index contributed by atoms with van der Waals surface area (Å²) < 4.78 is 53.4. The lowest BCUT2D eigenvalue weighted by Crippen LogP contribution is -2.24. The molecule has 0 saturated carbocycles. The van der Waals surface area contributed by atoms with Gasteiger partial charge >= 0.3 is 5.97 Å². The largest absolute Gasteiger partial charge is 0.460 e. The highest BCUT2D eigenvalue weighted by molar-refractivity contribution is 6.65. The summed E-state index contributed by atoms with van der Waals surface area (Å²) in [4.78, 5) is 11.5. The molecule has 13 nitrogen and oxygen atoms in total. The van der Waals surface area contributed by atoms with Crippen molar-refractivity contribution >= 4 is 22.7 Å². The fourth-order valence-corrected chi connectivity index (χ4v) is 2.57. The van der Waals surface area contributed by atoms with Crippen molar-refractivity contribution in [1.82, 2.24) is 0 Å². The Balaban J connectivity index is 3.12. The number of carbonyl (C=O) groups is 1. The molecule has 0 radical (unpaired) electrons. The minimum atomic E-state index is -0.475.